The Bertz CT molecular complexity index is 1230. The first-order valence-electron chi connectivity index (χ1n) is 11.5. The lowest BCUT2D eigenvalue weighted by molar-refractivity contribution is 0.274. The van der Waals surface area contributed by atoms with Crippen LogP contribution in [0.3, 0.4) is 0 Å². The van der Waals surface area contributed by atoms with Gasteiger partial charge in [0.15, 0.2) is 5.43 Å². The third kappa shape index (κ3) is 4.63. The molecule has 1 saturated heterocycles. The number of benzene rings is 1. The number of fused-ring (bicyclic) bond motifs is 1. The molecule has 0 bridgehead atoms. The SMILES string of the molecule is Cc1cc([C@@H](C)Nc2ncccc2B(O)O)c2oc(N3CCC(C)(C)CC3)c(C)c(=O)c2c1. The fourth-order valence-electron chi connectivity index (χ4n) is 4.52. The van der Waals surface area contributed by atoms with E-state index in [0.29, 0.717) is 33.6 Å². The lowest BCUT2D eigenvalue weighted by Crippen LogP contribution is -2.38. The molecule has 33 heavy (non-hydrogen) atoms. The number of piperidine rings is 1. The summed E-state index contributed by atoms with van der Waals surface area (Å²) in [6.45, 7) is 12.0. The molecule has 2 aromatic heterocycles. The van der Waals surface area contributed by atoms with Crippen molar-refractivity contribution in [2.45, 2.75) is 53.5 Å². The molecule has 4 rings (SSSR count). The smallest absolute Gasteiger partial charge is 0.440 e. The second kappa shape index (κ2) is 8.84. The van der Waals surface area contributed by atoms with Crippen molar-refractivity contribution in [1.82, 2.24) is 4.98 Å². The number of nitrogens with zero attached hydrogens (tertiary/aromatic N) is 2. The molecule has 3 N–H and O–H groups in total. The molecule has 1 atom stereocenters. The number of rotatable bonds is 5. The van der Waals surface area contributed by atoms with E-state index in [-0.39, 0.29) is 16.9 Å². The van der Waals surface area contributed by atoms with Crippen molar-refractivity contribution in [2.75, 3.05) is 23.3 Å². The third-order valence-electron chi connectivity index (χ3n) is 6.71. The minimum Gasteiger partial charge on any atom is -0.440 e. The van der Waals surface area contributed by atoms with Crippen LogP contribution in [0.5, 0.6) is 0 Å². The van der Waals surface area contributed by atoms with Crippen molar-refractivity contribution in [1.29, 1.82) is 0 Å². The zero-order chi connectivity index (χ0) is 23.9. The molecule has 0 unspecified atom stereocenters. The van der Waals surface area contributed by atoms with Crippen LogP contribution < -0.4 is 21.1 Å². The molecule has 0 amide bonds. The van der Waals surface area contributed by atoms with Crippen LogP contribution in [0.4, 0.5) is 11.7 Å². The molecule has 0 aliphatic carbocycles. The van der Waals surface area contributed by atoms with Gasteiger partial charge in [0.1, 0.15) is 11.4 Å². The topological polar surface area (TPSA) is 98.8 Å². The summed E-state index contributed by atoms with van der Waals surface area (Å²) >= 11 is 0. The number of pyridine rings is 1. The van der Waals surface area contributed by atoms with Crippen LogP contribution in [0.25, 0.3) is 11.0 Å². The summed E-state index contributed by atoms with van der Waals surface area (Å²) in [5.74, 6) is 1.02. The lowest BCUT2D eigenvalue weighted by Gasteiger charge is -2.37. The van der Waals surface area contributed by atoms with Crippen molar-refractivity contribution >= 4 is 35.3 Å². The highest BCUT2D eigenvalue weighted by atomic mass is 16.4. The number of aryl methyl sites for hydroxylation is 1. The summed E-state index contributed by atoms with van der Waals surface area (Å²) in [5, 5.41) is 23.2. The van der Waals surface area contributed by atoms with Crippen LogP contribution >= 0.6 is 0 Å². The average molecular weight is 449 g/mol. The first kappa shape index (κ1) is 23.3. The molecule has 1 aliphatic rings. The van der Waals surface area contributed by atoms with Gasteiger partial charge in [-0.25, -0.2) is 4.98 Å². The summed E-state index contributed by atoms with van der Waals surface area (Å²) in [5.41, 5.74) is 3.53. The second-order valence-electron chi connectivity index (χ2n) is 9.92. The molecule has 0 radical (unpaired) electrons. The van der Waals surface area contributed by atoms with Crippen LogP contribution in [-0.2, 0) is 0 Å². The largest absolute Gasteiger partial charge is 0.492 e. The van der Waals surface area contributed by atoms with E-state index in [9.17, 15) is 14.8 Å². The fourth-order valence-corrected chi connectivity index (χ4v) is 4.52. The Labute approximate surface area is 194 Å². The summed E-state index contributed by atoms with van der Waals surface area (Å²) in [7, 11) is -1.64. The van der Waals surface area contributed by atoms with Crippen molar-refractivity contribution in [3.8, 4) is 0 Å². The number of anilines is 2. The fraction of sp³-hybridized carbons (Fsp3) is 0.440. The Balaban J connectivity index is 1.79. The monoisotopic (exact) mass is 449 g/mol. The summed E-state index contributed by atoms with van der Waals surface area (Å²) in [4.78, 5) is 19.8. The van der Waals surface area contributed by atoms with Crippen molar-refractivity contribution in [3.63, 3.8) is 0 Å². The first-order valence-corrected chi connectivity index (χ1v) is 11.5. The van der Waals surface area contributed by atoms with Gasteiger partial charge in [0.2, 0.25) is 5.88 Å². The van der Waals surface area contributed by atoms with Crippen LogP contribution in [0.2, 0.25) is 0 Å². The van der Waals surface area contributed by atoms with Gasteiger partial charge in [-0.2, -0.15) is 0 Å². The van der Waals surface area contributed by atoms with Gasteiger partial charge in [0.05, 0.1) is 17.0 Å². The maximum absolute atomic E-state index is 13.4. The lowest BCUT2D eigenvalue weighted by atomic mass is 9.80. The maximum Gasteiger partial charge on any atom is 0.492 e. The standard InChI is InChI=1S/C25H32BN3O4/c1-15-13-18(17(3)28-23-20(26(31)32)7-6-10-27-23)22-19(14-15)21(30)16(2)24(33-22)29-11-8-25(4,5)9-12-29/h6-7,10,13-14,17,31-32H,8-9,11-12H2,1-5H3,(H,27,28)/t17-/m1/s1. The quantitative estimate of drug-likeness (QED) is 0.514. The Morgan fingerprint density at radius 3 is 2.58 bits per heavy atom. The van der Waals surface area contributed by atoms with Gasteiger partial charge in [-0.1, -0.05) is 26.0 Å². The molecular formula is C25H32BN3O4. The van der Waals surface area contributed by atoms with E-state index in [4.69, 9.17) is 4.42 Å². The highest BCUT2D eigenvalue weighted by Gasteiger charge is 2.29. The van der Waals surface area contributed by atoms with Gasteiger partial charge >= 0.3 is 7.12 Å². The molecule has 0 spiro atoms. The van der Waals surface area contributed by atoms with Crippen LogP contribution in [0, 0.1) is 19.3 Å². The van der Waals surface area contributed by atoms with Crippen molar-refractivity contribution in [3.05, 3.63) is 57.4 Å². The first-order chi connectivity index (χ1) is 15.6. The normalized spacial score (nSPS) is 16.6. The molecule has 8 heteroatoms. The van der Waals surface area contributed by atoms with E-state index in [0.717, 1.165) is 37.1 Å². The zero-order valence-corrected chi connectivity index (χ0v) is 20.0. The van der Waals surface area contributed by atoms with Gasteiger partial charge in [-0.15, -0.1) is 0 Å². The molecule has 174 valence electrons. The molecule has 3 heterocycles. The predicted octanol–water partition coefficient (Wildman–Crippen LogP) is 3.28. The highest BCUT2D eigenvalue weighted by molar-refractivity contribution is 6.60. The van der Waals surface area contributed by atoms with Gasteiger partial charge < -0.3 is 24.7 Å². The molecule has 1 aromatic carbocycles. The van der Waals surface area contributed by atoms with E-state index < -0.39 is 7.12 Å². The molecule has 1 fully saturated rings. The second-order valence-corrected chi connectivity index (χ2v) is 9.92. The highest BCUT2D eigenvalue weighted by Crippen LogP contribution is 2.35. The van der Waals surface area contributed by atoms with Crippen LogP contribution in [-0.4, -0.2) is 35.2 Å². The van der Waals surface area contributed by atoms with Crippen LogP contribution in [0.1, 0.15) is 56.3 Å². The summed E-state index contributed by atoms with van der Waals surface area (Å²) < 4.78 is 6.47. The van der Waals surface area contributed by atoms with E-state index >= 15 is 0 Å². The van der Waals surface area contributed by atoms with E-state index in [1.807, 2.05) is 32.9 Å². The molecule has 7 nitrogen and oxygen atoms in total. The van der Waals surface area contributed by atoms with E-state index in [1.165, 1.54) is 0 Å². The number of hydrogen-bond donors (Lipinski definition) is 3. The van der Waals surface area contributed by atoms with Crippen LogP contribution in [0.15, 0.2) is 39.7 Å². The Hall–Kier alpha value is -2.84. The Morgan fingerprint density at radius 2 is 1.91 bits per heavy atom. The maximum atomic E-state index is 13.4. The van der Waals surface area contributed by atoms with E-state index in [1.54, 1.807) is 18.3 Å². The minimum absolute atomic E-state index is 0.0162. The third-order valence-corrected chi connectivity index (χ3v) is 6.71. The van der Waals surface area contributed by atoms with E-state index in [2.05, 4.69) is 29.0 Å². The summed E-state index contributed by atoms with van der Waals surface area (Å²) in [6.07, 6.45) is 3.67. The predicted molar refractivity (Wildman–Crippen MR) is 133 cm³/mol. The van der Waals surface area contributed by atoms with Crippen molar-refractivity contribution < 1.29 is 14.5 Å². The van der Waals surface area contributed by atoms with Gasteiger partial charge in [0, 0.05) is 30.3 Å². The number of nitrogens with one attached hydrogen (secondary N) is 1. The van der Waals surface area contributed by atoms with Gasteiger partial charge in [0.25, 0.3) is 0 Å². The van der Waals surface area contributed by atoms with Crippen molar-refractivity contribution in [2.24, 2.45) is 5.41 Å². The summed E-state index contributed by atoms with van der Waals surface area (Å²) in [6, 6.07) is 6.84. The zero-order valence-electron chi connectivity index (χ0n) is 20.0. The molecule has 1 aliphatic heterocycles. The Kier molecular flexibility index (Phi) is 6.25. The van der Waals surface area contributed by atoms with Gasteiger partial charge in [-0.3, -0.25) is 4.79 Å². The minimum atomic E-state index is -1.64. The number of aromatic nitrogens is 1. The number of hydrogen-bond acceptors (Lipinski definition) is 7. The average Bonchev–Trinajstić information content (AvgIpc) is 2.76. The Morgan fingerprint density at radius 1 is 1.21 bits per heavy atom. The van der Waals surface area contributed by atoms with Gasteiger partial charge in [-0.05, 0) is 56.7 Å². The molecule has 0 saturated carbocycles. The molecule has 3 aromatic rings. The molecular weight excluding hydrogens is 417 g/mol.